The van der Waals surface area contributed by atoms with Crippen molar-refractivity contribution in [2.24, 2.45) is 11.8 Å². The minimum Gasteiger partial charge on any atom is -0.493 e. The van der Waals surface area contributed by atoms with E-state index < -0.39 is 0 Å². The summed E-state index contributed by atoms with van der Waals surface area (Å²) in [6.07, 6.45) is 6.35. The van der Waals surface area contributed by atoms with Crippen LogP contribution in [0.15, 0.2) is 18.2 Å². The highest BCUT2D eigenvalue weighted by atomic mass is 16.5. The largest absolute Gasteiger partial charge is 0.493 e. The highest BCUT2D eigenvalue weighted by Gasteiger charge is 2.32. The fourth-order valence-electron chi connectivity index (χ4n) is 3.87. The Kier molecular flexibility index (Phi) is 4.30. The van der Waals surface area contributed by atoms with Gasteiger partial charge in [0.05, 0.1) is 6.61 Å². The van der Waals surface area contributed by atoms with E-state index in [4.69, 9.17) is 4.74 Å². The minimum atomic E-state index is 0.480. The van der Waals surface area contributed by atoms with E-state index >= 15 is 0 Å². The zero-order valence-corrected chi connectivity index (χ0v) is 12.8. The maximum atomic E-state index is 5.94. The zero-order valence-electron chi connectivity index (χ0n) is 12.8. The van der Waals surface area contributed by atoms with Gasteiger partial charge in [0.1, 0.15) is 5.75 Å². The van der Waals surface area contributed by atoms with Crippen molar-refractivity contribution in [3.63, 3.8) is 0 Å². The molecule has 2 heteroatoms. The second kappa shape index (κ2) is 6.17. The molecule has 2 aliphatic rings. The van der Waals surface area contributed by atoms with Crippen molar-refractivity contribution in [3.05, 3.63) is 29.3 Å². The monoisotopic (exact) mass is 273 g/mol. The molecule has 0 aromatic heterocycles. The topological polar surface area (TPSA) is 21.3 Å². The average molecular weight is 273 g/mol. The molecule has 3 unspecified atom stereocenters. The van der Waals surface area contributed by atoms with Gasteiger partial charge in [0.25, 0.3) is 0 Å². The lowest BCUT2D eigenvalue weighted by Crippen LogP contribution is -2.28. The van der Waals surface area contributed by atoms with E-state index in [1.807, 2.05) is 0 Å². The van der Waals surface area contributed by atoms with Gasteiger partial charge in [-0.2, -0.15) is 0 Å². The predicted octanol–water partition coefficient (Wildman–Crippen LogP) is 4.10. The quantitative estimate of drug-likeness (QED) is 0.872. The van der Waals surface area contributed by atoms with Gasteiger partial charge in [-0.1, -0.05) is 38.5 Å². The van der Waals surface area contributed by atoms with Gasteiger partial charge in [-0.3, -0.25) is 0 Å². The Balaban J connectivity index is 1.87. The second-order valence-electron chi connectivity index (χ2n) is 6.54. The molecule has 3 rings (SSSR count). The van der Waals surface area contributed by atoms with Crippen LogP contribution in [-0.2, 0) is 6.42 Å². The molecule has 1 aromatic rings. The van der Waals surface area contributed by atoms with Crippen LogP contribution in [0.1, 0.15) is 56.7 Å². The molecular formula is C18H27NO. The van der Waals surface area contributed by atoms with Crippen molar-refractivity contribution in [1.29, 1.82) is 0 Å². The highest BCUT2D eigenvalue weighted by molar-refractivity contribution is 5.46. The molecule has 1 aliphatic heterocycles. The van der Waals surface area contributed by atoms with E-state index in [0.29, 0.717) is 6.04 Å². The Bertz CT molecular complexity index is 457. The van der Waals surface area contributed by atoms with Crippen LogP contribution in [0.5, 0.6) is 5.75 Å². The third-order valence-electron chi connectivity index (χ3n) is 4.90. The van der Waals surface area contributed by atoms with Crippen LogP contribution in [0.3, 0.4) is 0 Å². The van der Waals surface area contributed by atoms with Gasteiger partial charge in [0.15, 0.2) is 0 Å². The van der Waals surface area contributed by atoms with E-state index in [2.05, 4.69) is 37.4 Å². The number of hydrogen-bond donors (Lipinski definition) is 1. The molecule has 2 nitrogen and oxygen atoms in total. The van der Waals surface area contributed by atoms with Crippen molar-refractivity contribution >= 4 is 0 Å². The Morgan fingerprint density at radius 1 is 1.35 bits per heavy atom. The first-order chi connectivity index (χ1) is 9.79. The number of para-hydroxylation sites is 1. The van der Waals surface area contributed by atoms with Crippen molar-refractivity contribution < 1.29 is 4.74 Å². The van der Waals surface area contributed by atoms with Crippen LogP contribution in [0.2, 0.25) is 0 Å². The summed E-state index contributed by atoms with van der Waals surface area (Å²) in [5, 5.41) is 3.80. The summed E-state index contributed by atoms with van der Waals surface area (Å²) in [6, 6.07) is 7.19. The molecule has 1 saturated carbocycles. The summed E-state index contributed by atoms with van der Waals surface area (Å²) >= 11 is 0. The first-order valence-corrected chi connectivity index (χ1v) is 8.27. The van der Waals surface area contributed by atoms with E-state index in [0.717, 1.165) is 31.4 Å². The number of rotatable bonds is 5. The SMILES string of the molecule is CCCNC(c1cccc2c1OCC2)C1CCC(C)C1. The second-order valence-corrected chi connectivity index (χ2v) is 6.54. The maximum Gasteiger partial charge on any atom is 0.127 e. The number of fused-ring (bicyclic) bond motifs is 1. The van der Waals surface area contributed by atoms with Crippen molar-refractivity contribution in [1.82, 2.24) is 5.32 Å². The lowest BCUT2D eigenvalue weighted by atomic mass is 9.89. The first-order valence-electron chi connectivity index (χ1n) is 8.27. The van der Waals surface area contributed by atoms with E-state index in [9.17, 15) is 0 Å². The Morgan fingerprint density at radius 2 is 2.25 bits per heavy atom. The average Bonchev–Trinajstić information content (AvgIpc) is 3.08. The molecule has 3 atom stereocenters. The van der Waals surface area contributed by atoms with Crippen LogP contribution in [0.25, 0.3) is 0 Å². The summed E-state index contributed by atoms with van der Waals surface area (Å²) in [7, 11) is 0. The van der Waals surface area contributed by atoms with Gasteiger partial charge in [-0.15, -0.1) is 0 Å². The number of ether oxygens (including phenoxy) is 1. The normalized spacial score (nSPS) is 26.3. The van der Waals surface area contributed by atoms with Crippen LogP contribution in [0.4, 0.5) is 0 Å². The Hall–Kier alpha value is -1.02. The molecule has 1 aromatic carbocycles. The molecule has 0 bridgehead atoms. The van der Waals surface area contributed by atoms with Crippen LogP contribution in [0, 0.1) is 11.8 Å². The minimum absolute atomic E-state index is 0.480. The Labute approximate surface area is 122 Å². The molecule has 1 heterocycles. The Morgan fingerprint density at radius 3 is 3.00 bits per heavy atom. The van der Waals surface area contributed by atoms with Gasteiger partial charge in [0, 0.05) is 18.0 Å². The van der Waals surface area contributed by atoms with E-state index in [1.54, 1.807) is 0 Å². The lowest BCUT2D eigenvalue weighted by Gasteiger charge is -2.27. The molecule has 20 heavy (non-hydrogen) atoms. The third kappa shape index (κ3) is 2.71. The number of nitrogens with one attached hydrogen (secondary N) is 1. The van der Waals surface area contributed by atoms with Crippen LogP contribution >= 0.6 is 0 Å². The molecule has 0 saturated heterocycles. The standard InChI is InChI=1S/C18H27NO/c1-3-10-19-17(15-8-7-13(2)12-15)16-6-4-5-14-9-11-20-18(14)16/h4-6,13,15,17,19H,3,7-12H2,1-2H3. The summed E-state index contributed by atoms with van der Waals surface area (Å²) in [5.74, 6) is 2.83. The lowest BCUT2D eigenvalue weighted by molar-refractivity contribution is 0.323. The molecule has 0 spiro atoms. The number of benzene rings is 1. The summed E-state index contributed by atoms with van der Waals surface area (Å²) in [5.41, 5.74) is 2.81. The summed E-state index contributed by atoms with van der Waals surface area (Å²) in [6.45, 7) is 6.59. The van der Waals surface area contributed by atoms with E-state index in [-0.39, 0.29) is 0 Å². The van der Waals surface area contributed by atoms with Gasteiger partial charge in [-0.25, -0.2) is 0 Å². The molecule has 0 radical (unpaired) electrons. The molecule has 0 amide bonds. The third-order valence-corrected chi connectivity index (χ3v) is 4.90. The molecule has 1 N–H and O–H groups in total. The van der Waals surface area contributed by atoms with Crippen LogP contribution < -0.4 is 10.1 Å². The fourth-order valence-corrected chi connectivity index (χ4v) is 3.87. The van der Waals surface area contributed by atoms with Gasteiger partial charge in [0.2, 0.25) is 0 Å². The molecular weight excluding hydrogens is 246 g/mol. The van der Waals surface area contributed by atoms with Gasteiger partial charge in [-0.05, 0) is 43.2 Å². The molecule has 1 aliphatic carbocycles. The van der Waals surface area contributed by atoms with Crippen molar-refractivity contribution in [3.8, 4) is 5.75 Å². The zero-order chi connectivity index (χ0) is 13.9. The van der Waals surface area contributed by atoms with Crippen LogP contribution in [-0.4, -0.2) is 13.2 Å². The predicted molar refractivity (Wildman–Crippen MR) is 83.2 cm³/mol. The van der Waals surface area contributed by atoms with Gasteiger partial charge >= 0.3 is 0 Å². The maximum absolute atomic E-state index is 5.94. The molecule has 1 fully saturated rings. The smallest absolute Gasteiger partial charge is 0.127 e. The van der Waals surface area contributed by atoms with Crippen molar-refractivity contribution in [2.75, 3.05) is 13.2 Å². The summed E-state index contributed by atoms with van der Waals surface area (Å²) in [4.78, 5) is 0. The van der Waals surface area contributed by atoms with Gasteiger partial charge < -0.3 is 10.1 Å². The fraction of sp³-hybridized carbons (Fsp3) is 0.667. The summed E-state index contributed by atoms with van der Waals surface area (Å²) < 4.78 is 5.94. The first kappa shape index (κ1) is 13.9. The molecule has 110 valence electrons. The van der Waals surface area contributed by atoms with Crippen molar-refractivity contribution in [2.45, 2.75) is 52.0 Å². The number of hydrogen-bond acceptors (Lipinski definition) is 2. The highest BCUT2D eigenvalue weighted by Crippen LogP contribution is 2.43. The van der Waals surface area contributed by atoms with E-state index in [1.165, 1.54) is 42.6 Å².